The summed E-state index contributed by atoms with van der Waals surface area (Å²) in [6, 6.07) is 7.04. The molecule has 0 radical (unpaired) electrons. The molecule has 1 rings (SSSR count). The van der Waals surface area contributed by atoms with E-state index < -0.39 is 10.2 Å². The maximum Gasteiger partial charge on any atom is 0.282 e. The normalized spacial score (nSPS) is 11.8. The van der Waals surface area contributed by atoms with Gasteiger partial charge in [-0.2, -0.15) is 17.0 Å². The van der Waals surface area contributed by atoms with E-state index in [0.717, 1.165) is 12.8 Å². The molecule has 8 heteroatoms. The molecule has 148 valence electrons. The molecule has 0 saturated heterocycles. The summed E-state index contributed by atoms with van der Waals surface area (Å²) in [4.78, 5) is 12.5. The van der Waals surface area contributed by atoms with Crippen LogP contribution in [-0.4, -0.2) is 56.2 Å². The van der Waals surface area contributed by atoms with Crippen LogP contribution in [0.2, 0.25) is 0 Å². The Morgan fingerprint density at radius 3 is 2.08 bits per heavy atom. The lowest BCUT2D eigenvalue weighted by atomic mass is 10.3. The van der Waals surface area contributed by atoms with Crippen LogP contribution in [0.5, 0.6) is 5.75 Å². The van der Waals surface area contributed by atoms with Gasteiger partial charge in [0.1, 0.15) is 5.75 Å². The monoisotopic (exact) mass is 385 g/mol. The van der Waals surface area contributed by atoms with Crippen molar-refractivity contribution in [3.05, 3.63) is 24.3 Å². The highest BCUT2D eigenvalue weighted by Crippen LogP contribution is 2.23. The predicted molar refractivity (Wildman–Crippen MR) is 105 cm³/mol. The molecule has 0 fully saturated rings. The third-order valence-corrected chi connectivity index (χ3v) is 5.75. The van der Waals surface area contributed by atoms with Gasteiger partial charge in [0, 0.05) is 19.6 Å². The number of nitrogens with one attached hydrogen (secondary N) is 1. The molecular formula is C18H31N3O4S. The number of ether oxygens (including phenoxy) is 1. The predicted octanol–water partition coefficient (Wildman–Crippen LogP) is 2.71. The van der Waals surface area contributed by atoms with E-state index in [1.165, 1.54) is 15.7 Å². The van der Waals surface area contributed by atoms with Crippen molar-refractivity contribution in [1.29, 1.82) is 0 Å². The molecular weight excluding hydrogens is 354 g/mol. The molecule has 0 bridgehead atoms. The standard InChI is InChI=1S/C18H31N3O4S/c1-5-12-20(13-6-2)26(23,24)21(14-7-3)15-18(22)19-16-10-8-9-11-17(16)25-4/h8-11H,5-7,12-15H2,1-4H3,(H,19,22). The first-order valence-electron chi connectivity index (χ1n) is 9.08. The lowest BCUT2D eigenvalue weighted by Crippen LogP contribution is -2.47. The first kappa shape index (κ1) is 22.4. The summed E-state index contributed by atoms with van der Waals surface area (Å²) >= 11 is 0. The minimum absolute atomic E-state index is 0.224. The molecule has 7 nitrogen and oxygen atoms in total. The summed E-state index contributed by atoms with van der Waals surface area (Å²) in [7, 11) is -2.16. The van der Waals surface area contributed by atoms with Crippen LogP contribution in [0.15, 0.2) is 24.3 Å². The smallest absolute Gasteiger partial charge is 0.282 e. The topological polar surface area (TPSA) is 79.0 Å². The number of anilines is 1. The first-order valence-corrected chi connectivity index (χ1v) is 10.5. The second-order valence-corrected chi connectivity index (χ2v) is 7.92. The quantitative estimate of drug-likeness (QED) is 0.600. The van der Waals surface area contributed by atoms with Crippen molar-refractivity contribution in [2.75, 3.05) is 38.6 Å². The van der Waals surface area contributed by atoms with E-state index in [9.17, 15) is 13.2 Å². The Morgan fingerprint density at radius 1 is 1.00 bits per heavy atom. The molecule has 1 N–H and O–H groups in total. The number of rotatable bonds is 12. The second kappa shape index (κ2) is 11.2. The van der Waals surface area contributed by atoms with Crippen LogP contribution in [0.4, 0.5) is 5.69 Å². The summed E-state index contributed by atoms with van der Waals surface area (Å²) < 4.78 is 33.8. The van der Waals surface area contributed by atoms with Crippen LogP contribution >= 0.6 is 0 Å². The largest absolute Gasteiger partial charge is 0.495 e. The van der Waals surface area contributed by atoms with Crippen molar-refractivity contribution in [1.82, 2.24) is 8.61 Å². The molecule has 1 amide bonds. The van der Waals surface area contributed by atoms with E-state index >= 15 is 0 Å². The highest BCUT2D eigenvalue weighted by atomic mass is 32.2. The van der Waals surface area contributed by atoms with Crippen LogP contribution in [0.25, 0.3) is 0 Å². The Labute approximate surface area is 157 Å². The van der Waals surface area contributed by atoms with Crippen molar-refractivity contribution in [2.24, 2.45) is 0 Å². The molecule has 0 aliphatic carbocycles. The fraction of sp³-hybridized carbons (Fsp3) is 0.611. The number of carbonyl (C=O) groups excluding carboxylic acids is 1. The van der Waals surface area contributed by atoms with Crippen LogP contribution in [0.1, 0.15) is 40.0 Å². The fourth-order valence-electron chi connectivity index (χ4n) is 2.63. The van der Waals surface area contributed by atoms with Gasteiger partial charge in [0.2, 0.25) is 5.91 Å². The summed E-state index contributed by atoms with van der Waals surface area (Å²) in [5.41, 5.74) is 0.521. The minimum Gasteiger partial charge on any atom is -0.495 e. The number of carbonyl (C=O) groups is 1. The van der Waals surface area contributed by atoms with Gasteiger partial charge in [0.25, 0.3) is 10.2 Å². The van der Waals surface area contributed by atoms with Gasteiger partial charge in [-0.1, -0.05) is 32.9 Å². The maximum atomic E-state index is 13.0. The highest BCUT2D eigenvalue weighted by molar-refractivity contribution is 7.86. The zero-order valence-corrected chi connectivity index (χ0v) is 17.0. The van der Waals surface area contributed by atoms with Crippen LogP contribution in [-0.2, 0) is 15.0 Å². The summed E-state index contributed by atoms with van der Waals surface area (Å²) in [6.07, 6.45) is 2.09. The Morgan fingerprint density at radius 2 is 1.54 bits per heavy atom. The van der Waals surface area contributed by atoms with Gasteiger partial charge in [0.05, 0.1) is 19.3 Å². The highest BCUT2D eigenvalue weighted by Gasteiger charge is 2.29. The molecule has 0 heterocycles. The number of nitrogens with zero attached hydrogens (tertiary/aromatic N) is 2. The van der Waals surface area contributed by atoms with Crippen molar-refractivity contribution < 1.29 is 17.9 Å². The Hall–Kier alpha value is -1.64. The molecule has 0 unspecified atom stereocenters. The molecule has 0 saturated carbocycles. The molecule has 0 aliphatic heterocycles. The third kappa shape index (κ3) is 6.26. The second-order valence-electron chi connectivity index (χ2n) is 5.99. The summed E-state index contributed by atoms with van der Waals surface area (Å²) in [5.74, 6) is 0.142. The van der Waals surface area contributed by atoms with Gasteiger partial charge in [-0.15, -0.1) is 0 Å². The van der Waals surface area contributed by atoms with E-state index in [2.05, 4.69) is 5.32 Å². The number of hydrogen-bond acceptors (Lipinski definition) is 4. The lowest BCUT2D eigenvalue weighted by Gasteiger charge is -2.29. The van der Waals surface area contributed by atoms with E-state index in [1.807, 2.05) is 20.8 Å². The lowest BCUT2D eigenvalue weighted by molar-refractivity contribution is -0.116. The number of hydrogen-bond donors (Lipinski definition) is 1. The van der Waals surface area contributed by atoms with E-state index in [1.54, 1.807) is 24.3 Å². The summed E-state index contributed by atoms with van der Waals surface area (Å²) in [5, 5.41) is 2.74. The van der Waals surface area contributed by atoms with Crippen LogP contribution in [0, 0.1) is 0 Å². The minimum atomic E-state index is -3.68. The molecule has 26 heavy (non-hydrogen) atoms. The van der Waals surface area contributed by atoms with E-state index in [0.29, 0.717) is 37.5 Å². The number of amides is 1. The van der Waals surface area contributed by atoms with Crippen LogP contribution < -0.4 is 10.1 Å². The van der Waals surface area contributed by atoms with Crippen molar-refractivity contribution >= 4 is 21.8 Å². The van der Waals surface area contributed by atoms with Gasteiger partial charge < -0.3 is 10.1 Å². The molecule has 1 aromatic rings. The SMILES string of the molecule is CCCN(CCC)S(=O)(=O)N(CCC)CC(=O)Nc1ccccc1OC. The van der Waals surface area contributed by atoms with Crippen molar-refractivity contribution in [2.45, 2.75) is 40.0 Å². The van der Waals surface area contributed by atoms with Gasteiger partial charge in [-0.25, -0.2) is 0 Å². The maximum absolute atomic E-state index is 13.0. The molecule has 0 aromatic heterocycles. The van der Waals surface area contributed by atoms with Gasteiger partial charge in [0.15, 0.2) is 0 Å². The average molecular weight is 386 g/mol. The van der Waals surface area contributed by atoms with Crippen molar-refractivity contribution in [3.63, 3.8) is 0 Å². The summed E-state index contributed by atoms with van der Waals surface area (Å²) in [6.45, 7) is 6.75. The van der Waals surface area contributed by atoms with E-state index in [-0.39, 0.29) is 12.5 Å². The zero-order valence-electron chi connectivity index (χ0n) is 16.2. The molecule has 1 aromatic carbocycles. The first-order chi connectivity index (χ1) is 12.4. The van der Waals surface area contributed by atoms with E-state index in [4.69, 9.17) is 4.74 Å². The van der Waals surface area contributed by atoms with Crippen LogP contribution in [0.3, 0.4) is 0 Å². The fourth-order valence-corrected chi connectivity index (χ4v) is 4.47. The molecule has 0 aliphatic rings. The number of methoxy groups -OCH3 is 1. The Balaban J connectivity index is 2.93. The number of benzene rings is 1. The zero-order chi connectivity index (χ0) is 19.6. The average Bonchev–Trinajstić information content (AvgIpc) is 2.61. The Kier molecular flexibility index (Phi) is 9.61. The molecule has 0 atom stereocenters. The third-order valence-electron chi connectivity index (χ3n) is 3.77. The van der Waals surface area contributed by atoms with Crippen molar-refractivity contribution in [3.8, 4) is 5.75 Å². The van der Waals surface area contributed by atoms with Gasteiger partial charge >= 0.3 is 0 Å². The molecule has 0 spiro atoms. The number of para-hydroxylation sites is 2. The van der Waals surface area contributed by atoms with Gasteiger partial charge in [-0.3, -0.25) is 4.79 Å². The Bertz CT molecular complexity index is 658. The van der Waals surface area contributed by atoms with Gasteiger partial charge in [-0.05, 0) is 31.4 Å².